The third-order valence-corrected chi connectivity index (χ3v) is 7.08. The van der Waals surface area contributed by atoms with Crippen LogP contribution in [-0.2, 0) is 6.42 Å². The van der Waals surface area contributed by atoms with Crippen LogP contribution in [0.3, 0.4) is 0 Å². The zero-order chi connectivity index (χ0) is 21.1. The maximum Gasteiger partial charge on any atom is 0.345 e. The van der Waals surface area contributed by atoms with Crippen molar-refractivity contribution in [3.63, 3.8) is 0 Å². The van der Waals surface area contributed by atoms with Gasteiger partial charge in [0.15, 0.2) is 0 Å². The number of thiophene rings is 1. The largest absolute Gasteiger partial charge is 0.477 e. The van der Waals surface area contributed by atoms with Gasteiger partial charge in [0.05, 0.1) is 6.10 Å². The Morgan fingerprint density at radius 2 is 1.97 bits per heavy atom. The van der Waals surface area contributed by atoms with E-state index in [9.17, 15) is 18.7 Å². The van der Waals surface area contributed by atoms with Crippen LogP contribution in [0.15, 0.2) is 35.9 Å². The SMILES string of the molecule is C/C(=C/c1cc(F)cc(F)c1)[C@@H]1[C@@H](CCCc2ccc(C(=O)O)s2)[C@H](Cl)C[C@H]1O. The molecule has 0 aliphatic heterocycles. The molecule has 0 saturated heterocycles. The van der Waals surface area contributed by atoms with Crippen molar-refractivity contribution in [2.45, 2.75) is 44.1 Å². The molecule has 4 atom stereocenters. The van der Waals surface area contributed by atoms with E-state index in [1.165, 1.54) is 23.5 Å². The second kappa shape index (κ2) is 9.37. The summed E-state index contributed by atoms with van der Waals surface area (Å²) in [5.41, 5.74) is 1.27. The Hall–Kier alpha value is -1.76. The molecule has 0 unspecified atom stereocenters. The highest BCUT2D eigenvalue weighted by Crippen LogP contribution is 2.43. The second-order valence-corrected chi connectivity index (χ2v) is 9.29. The first-order valence-corrected chi connectivity index (χ1v) is 10.8. The van der Waals surface area contributed by atoms with E-state index in [4.69, 9.17) is 16.7 Å². The topological polar surface area (TPSA) is 57.5 Å². The van der Waals surface area contributed by atoms with Crippen molar-refractivity contribution in [3.8, 4) is 0 Å². The van der Waals surface area contributed by atoms with E-state index in [0.717, 1.165) is 35.8 Å². The zero-order valence-electron chi connectivity index (χ0n) is 15.9. The van der Waals surface area contributed by atoms with E-state index in [-0.39, 0.29) is 17.2 Å². The molecule has 156 valence electrons. The lowest BCUT2D eigenvalue weighted by Crippen LogP contribution is -2.22. The van der Waals surface area contributed by atoms with Gasteiger partial charge in [0.1, 0.15) is 16.5 Å². The third kappa shape index (κ3) is 5.44. The van der Waals surface area contributed by atoms with E-state index in [0.29, 0.717) is 16.9 Å². The van der Waals surface area contributed by atoms with Crippen LogP contribution < -0.4 is 0 Å². The molecule has 1 aromatic heterocycles. The Bertz CT molecular complexity index is 891. The van der Waals surface area contributed by atoms with Crippen molar-refractivity contribution in [2.75, 3.05) is 0 Å². The predicted octanol–water partition coefficient (Wildman–Crippen LogP) is 5.76. The standard InChI is InChI=1S/C22H23ClF2O3S/c1-12(7-13-8-14(24)10-15(25)9-13)21-17(18(23)11-19(21)26)4-2-3-16-5-6-20(29-16)22(27)28/h5-10,17-19,21,26H,2-4,11H2,1H3,(H,27,28)/b12-7-/t17-,18+,19+,21+/m0/s1. The highest BCUT2D eigenvalue weighted by molar-refractivity contribution is 7.13. The van der Waals surface area contributed by atoms with Gasteiger partial charge >= 0.3 is 5.97 Å². The molecule has 0 radical (unpaired) electrons. The highest BCUT2D eigenvalue weighted by Gasteiger charge is 2.41. The van der Waals surface area contributed by atoms with E-state index < -0.39 is 23.7 Å². The number of alkyl halides is 1. The van der Waals surface area contributed by atoms with Crippen LogP contribution in [0.2, 0.25) is 0 Å². The Balaban J connectivity index is 1.69. The molecule has 2 aromatic rings. The van der Waals surface area contributed by atoms with Gasteiger partial charge in [-0.2, -0.15) is 0 Å². The molecule has 1 fully saturated rings. The summed E-state index contributed by atoms with van der Waals surface area (Å²) in [5, 5.41) is 19.4. The van der Waals surface area contributed by atoms with Gasteiger partial charge in [-0.25, -0.2) is 13.6 Å². The number of carboxylic acids is 1. The summed E-state index contributed by atoms with van der Waals surface area (Å²) in [6, 6.07) is 6.79. The third-order valence-electron chi connectivity index (χ3n) is 5.45. The number of rotatable bonds is 7. The summed E-state index contributed by atoms with van der Waals surface area (Å²) in [6.45, 7) is 1.86. The van der Waals surface area contributed by atoms with Crippen LogP contribution in [-0.4, -0.2) is 27.7 Å². The molecule has 2 N–H and O–H groups in total. The number of hydrogen-bond acceptors (Lipinski definition) is 3. The van der Waals surface area contributed by atoms with Crippen LogP contribution >= 0.6 is 22.9 Å². The molecule has 3 rings (SSSR count). The Labute approximate surface area is 177 Å². The fourth-order valence-electron chi connectivity index (χ4n) is 4.22. The van der Waals surface area contributed by atoms with E-state index in [1.807, 2.05) is 13.0 Å². The number of aliphatic hydroxyl groups excluding tert-OH is 1. The maximum absolute atomic E-state index is 13.5. The average molecular weight is 441 g/mol. The number of carboxylic acid groups (broad SMARTS) is 1. The van der Waals surface area contributed by atoms with Gasteiger partial charge in [-0.1, -0.05) is 11.6 Å². The summed E-state index contributed by atoms with van der Waals surface area (Å²) in [5.74, 6) is -2.34. The number of aliphatic hydroxyl groups is 1. The molecule has 0 amide bonds. The fourth-order valence-corrected chi connectivity index (χ4v) is 5.57. The van der Waals surface area contributed by atoms with Crippen molar-refractivity contribution < 1.29 is 23.8 Å². The van der Waals surface area contributed by atoms with Crippen molar-refractivity contribution >= 4 is 35.0 Å². The number of aromatic carboxylic acids is 1. The van der Waals surface area contributed by atoms with Crippen LogP contribution in [0.25, 0.3) is 6.08 Å². The minimum Gasteiger partial charge on any atom is -0.477 e. The number of hydrogen-bond donors (Lipinski definition) is 2. The molecule has 1 aromatic carbocycles. The summed E-state index contributed by atoms with van der Waals surface area (Å²) >= 11 is 7.78. The van der Waals surface area contributed by atoms with Gasteiger partial charge in [0.25, 0.3) is 0 Å². The molecule has 3 nitrogen and oxygen atoms in total. The highest BCUT2D eigenvalue weighted by atomic mass is 35.5. The lowest BCUT2D eigenvalue weighted by Gasteiger charge is -2.24. The van der Waals surface area contributed by atoms with E-state index in [2.05, 4.69) is 0 Å². The molecule has 0 bridgehead atoms. The first kappa shape index (κ1) is 21.9. The minimum atomic E-state index is -0.921. The van der Waals surface area contributed by atoms with Crippen molar-refractivity contribution in [3.05, 3.63) is 62.9 Å². The van der Waals surface area contributed by atoms with Crippen LogP contribution in [0, 0.1) is 23.5 Å². The monoisotopic (exact) mass is 440 g/mol. The normalized spacial score (nSPS) is 24.8. The molecule has 1 aliphatic rings. The van der Waals surface area contributed by atoms with Crippen molar-refractivity contribution in [1.29, 1.82) is 0 Å². The zero-order valence-corrected chi connectivity index (χ0v) is 17.5. The van der Waals surface area contributed by atoms with Crippen LogP contribution in [0.1, 0.15) is 46.3 Å². The van der Waals surface area contributed by atoms with Crippen molar-refractivity contribution in [1.82, 2.24) is 0 Å². The summed E-state index contributed by atoms with van der Waals surface area (Å²) in [7, 11) is 0. The molecular weight excluding hydrogens is 418 g/mol. The van der Waals surface area contributed by atoms with E-state index in [1.54, 1.807) is 12.1 Å². The molecular formula is C22H23ClF2O3S. The summed E-state index contributed by atoms with van der Waals surface area (Å²) in [4.78, 5) is 12.3. The first-order valence-electron chi connectivity index (χ1n) is 9.53. The van der Waals surface area contributed by atoms with Gasteiger partial charge in [0.2, 0.25) is 0 Å². The van der Waals surface area contributed by atoms with E-state index >= 15 is 0 Å². The number of halogens is 3. The molecule has 1 aliphatic carbocycles. The van der Waals surface area contributed by atoms with Gasteiger partial charge in [0, 0.05) is 22.2 Å². The lowest BCUT2D eigenvalue weighted by atomic mass is 9.84. The molecule has 1 heterocycles. The smallest absolute Gasteiger partial charge is 0.345 e. The molecule has 7 heteroatoms. The van der Waals surface area contributed by atoms with Crippen LogP contribution in [0.4, 0.5) is 8.78 Å². The fraction of sp³-hybridized carbons (Fsp3) is 0.409. The first-order chi connectivity index (χ1) is 13.7. The molecule has 1 saturated carbocycles. The summed E-state index contributed by atoms with van der Waals surface area (Å²) < 4.78 is 26.9. The average Bonchev–Trinajstić information content (AvgIpc) is 3.19. The maximum atomic E-state index is 13.5. The predicted molar refractivity (Wildman–Crippen MR) is 111 cm³/mol. The Morgan fingerprint density at radius 3 is 2.59 bits per heavy atom. The Kier molecular flexibility index (Phi) is 7.09. The van der Waals surface area contributed by atoms with Gasteiger partial charge in [-0.15, -0.1) is 22.9 Å². The lowest BCUT2D eigenvalue weighted by molar-refractivity contribution is 0.0702. The molecule has 0 spiro atoms. The number of aryl methyl sites for hydroxylation is 1. The quantitative estimate of drug-likeness (QED) is 0.538. The van der Waals surface area contributed by atoms with Crippen molar-refractivity contribution in [2.24, 2.45) is 11.8 Å². The Morgan fingerprint density at radius 1 is 1.28 bits per heavy atom. The van der Waals surface area contributed by atoms with Gasteiger partial charge < -0.3 is 10.2 Å². The van der Waals surface area contributed by atoms with Gasteiger partial charge in [-0.3, -0.25) is 0 Å². The van der Waals surface area contributed by atoms with Gasteiger partial charge in [-0.05, 0) is 68.4 Å². The molecule has 29 heavy (non-hydrogen) atoms. The number of carbonyl (C=O) groups is 1. The van der Waals surface area contributed by atoms with Crippen LogP contribution in [0.5, 0.6) is 0 Å². The summed E-state index contributed by atoms with van der Waals surface area (Å²) in [6.07, 6.45) is 3.93. The second-order valence-electron chi connectivity index (χ2n) is 7.56. The number of benzene rings is 1. The minimum absolute atomic E-state index is 0.0419.